The lowest BCUT2D eigenvalue weighted by atomic mass is 9.83. The fourth-order valence-electron chi connectivity index (χ4n) is 5.08. The number of ether oxygens (including phenoxy) is 1. The van der Waals surface area contributed by atoms with Gasteiger partial charge in [0.1, 0.15) is 5.82 Å². The average Bonchev–Trinajstić information content (AvgIpc) is 3.26. The van der Waals surface area contributed by atoms with Gasteiger partial charge in [0.2, 0.25) is 0 Å². The molecule has 0 unspecified atom stereocenters. The number of hydrogen-bond donors (Lipinski definition) is 3. The van der Waals surface area contributed by atoms with E-state index in [2.05, 4.69) is 20.4 Å². The minimum absolute atomic E-state index is 0. The molecular weight excluding hydrogens is 406 g/mol. The summed E-state index contributed by atoms with van der Waals surface area (Å²) in [5, 5.41) is 20.5. The van der Waals surface area contributed by atoms with Crippen LogP contribution in [-0.4, -0.2) is 64.7 Å². The van der Waals surface area contributed by atoms with Crippen molar-refractivity contribution in [3.8, 4) is 11.3 Å². The lowest BCUT2D eigenvalue weighted by Gasteiger charge is -2.34. The molecule has 5 rings (SSSR count). The Morgan fingerprint density at radius 3 is 3.00 bits per heavy atom. The van der Waals surface area contributed by atoms with Gasteiger partial charge in [0.15, 0.2) is 0 Å². The van der Waals surface area contributed by atoms with E-state index in [1.807, 2.05) is 12.3 Å². The van der Waals surface area contributed by atoms with Gasteiger partial charge in [-0.25, -0.2) is 4.39 Å². The molecule has 28 heavy (non-hydrogen) atoms. The van der Waals surface area contributed by atoms with Crippen molar-refractivity contribution in [2.45, 2.75) is 18.2 Å². The third kappa shape index (κ3) is 3.44. The third-order valence-electron chi connectivity index (χ3n) is 6.21. The largest absolute Gasteiger partial charge is 0.396 e. The van der Waals surface area contributed by atoms with Crippen LogP contribution in [0.4, 0.5) is 4.39 Å². The highest BCUT2D eigenvalue weighted by atomic mass is 35.5. The summed E-state index contributed by atoms with van der Waals surface area (Å²) in [4.78, 5) is 2.37. The summed E-state index contributed by atoms with van der Waals surface area (Å²) in [6, 6.07) is 6.56. The number of halogens is 3. The fraction of sp³-hybridized carbons (Fsp3) is 0.526. The molecule has 3 fully saturated rings. The molecule has 0 amide bonds. The predicted molar refractivity (Wildman–Crippen MR) is 108 cm³/mol. The minimum Gasteiger partial charge on any atom is -0.396 e. The Bertz CT molecular complexity index is 823. The monoisotopic (exact) mass is 430 g/mol. The van der Waals surface area contributed by atoms with Crippen molar-refractivity contribution in [1.29, 1.82) is 0 Å². The highest BCUT2D eigenvalue weighted by Crippen LogP contribution is 2.47. The molecule has 0 saturated carbocycles. The second kappa shape index (κ2) is 8.26. The van der Waals surface area contributed by atoms with Crippen LogP contribution in [0.3, 0.4) is 0 Å². The molecule has 2 aromatic rings. The lowest BCUT2D eigenvalue weighted by Crippen LogP contribution is -2.52. The van der Waals surface area contributed by atoms with E-state index < -0.39 is 0 Å². The van der Waals surface area contributed by atoms with E-state index in [9.17, 15) is 9.50 Å². The molecule has 3 aliphatic rings. The highest BCUT2D eigenvalue weighted by Gasteiger charge is 2.60. The van der Waals surface area contributed by atoms with Crippen LogP contribution in [0.5, 0.6) is 0 Å². The van der Waals surface area contributed by atoms with Crippen LogP contribution in [-0.2, 0) is 11.3 Å². The highest BCUT2D eigenvalue weighted by molar-refractivity contribution is 5.85. The van der Waals surface area contributed by atoms with Crippen molar-refractivity contribution < 1.29 is 14.2 Å². The number of hydrogen-bond acceptors (Lipinski definition) is 5. The standard InChI is InChI=1S/C19H23FN4O2.2ClH/c20-14-3-1-2-12(4-14)18-13(5-22-23-18)7-24-8-16-15(9-25)17-6-21-10-19(16,11-24)26-17;;/h1-5,15-17,21,25H,6-11H2,(H,22,23);2*1H/t15-,16+,17+,19+;;/m0../s1. The molecule has 0 radical (unpaired) electrons. The van der Waals surface area contributed by atoms with E-state index in [0.29, 0.717) is 5.92 Å². The molecule has 154 valence electrons. The molecule has 3 saturated heterocycles. The summed E-state index contributed by atoms with van der Waals surface area (Å²) in [6.07, 6.45) is 1.94. The second-order valence-corrected chi connectivity index (χ2v) is 7.76. The number of aromatic nitrogens is 2. The molecule has 9 heteroatoms. The van der Waals surface area contributed by atoms with Crippen LogP contribution >= 0.6 is 24.8 Å². The zero-order valence-corrected chi connectivity index (χ0v) is 16.9. The third-order valence-corrected chi connectivity index (χ3v) is 6.21. The number of rotatable bonds is 4. The first-order chi connectivity index (χ1) is 12.7. The normalized spacial score (nSPS) is 31.1. The number of aliphatic hydroxyl groups excluding tert-OH is 1. The van der Waals surface area contributed by atoms with E-state index in [0.717, 1.165) is 49.5 Å². The number of aliphatic hydroxyl groups is 1. The van der Waals surface area contributed by atoms with Gasteiger partial charge < -0.3 is 15.2 Å². The topological polar surface area (TPSA) is 73.4 Å². The zero-order chi connectivity index (χ0) is 17.7. The number of fused-ring (bicyclic) bond motifs is 1. The van der Waals surface area contributed by atoms with Gasteiger partial charge in [-0.05, 0) is 12.1 Å². The van der Waals surface area contributed by atoms with Crippen molar-refractivity contribution in [2.75, 3.05) is 32.8 Å². The summed E-state index contributed by atoms with van der Waals surface area (Å²) >= 11 is 0. The quantitative estimate of drug-likeness (QED) is 0.689. The Morgan fingerprint density at radius 2 is 2.21 bits per heavy atom. The van der Waals surface area contributed by atoms with Crippen LogP contribution in [0.15, 0.2) is 30.5 Å². The number of benzene rings is 1. The second-order valence-electron chi connectivity index (χ2n) is 7.76. The van der Waals surface area contributed by atoms with Gasteiger partial charge in [-0.3, -0.25) is 10.00 Å². The number of likely N-dealkylation sites (tertiary alicyclic amines) is 1. The van der Waals surface area contributed by atoms with Crippen molar-refractivity contribution >= 4 is 24.8 Å². The molecule has 1 aromatic heterocycles. The summed E-state index contributed by atoms with van der Waals surface area (Å²) < 4.78 is 19.9. The summed E-state index contributed by atoms with van der Waals surface area (Å²) in [5.41, 5.74) is 2.52. The van der Waals surface area contributed by atoms with E-state index in [1.165, 1.54) is 12.1 Å². The van der Waals surface area contributed by atoms with Crippen molar-refractivity contribution in [2.24, 2.45) is 11.8 Å². The lowest BCUT2D eigenvalue weighted by molar-refractivity contribution is -0.0746. The van der Waals surface area contributed by atoms with E-state index in [4.69, 9.17) is 4.74 Å². The smallest absolute Gasteiger partial charge is 0.123 e. The first-order valence-electron chi connectivity index (χ1n) is 9.18. The molecule has 3 aliphatic heterocycles. The van der Waals surface area contributed by atoms with Crippen LogP contribution in [0.1, 0.15) is 5.56 Å². The van der Waals surface area contributed by atoms with Gasteiger partial charge in [-0.15, -0.1) is 24.8 Å². The van der Waals surface area contributed by atoms with Gasteiger partial charge >= 0.3 is 0 Å². The van der Waals surface area contributed by atoms with Crippen LogP contribution in [0.2, 0.25) is 0 Å². The van der Waals surface area contributed by atoms with Gasteiger partial charge in [0.05, 0.1) is 23.6 Å². The zero-order valence-electron chi connectivity index (χ0n) is 15.3. The van der Waals surface area contributed by atoms with E-state index >= 15 is 0 Å². The fourth-order valence-corrected chi connectivity index (χ4v) is 5.08. The molecule has 0 aliphatic carbocycles. The maximum atomic E-state index is 13.6. The van der Waals surface area contributed by atoms with Crippen molar-refractivity contribution in [1.82, 2.24) is 20.4 Å². The summed E-state index contributed by atoms with van der Waals surface area (Å²) in [6.45, 7) is 4.31. The first kappa shape index (κ1) is 21.5. The van der Waals surface area contributed by atoms with Crippen molar-refractivity contribution in [3.63, 3.8) is 0 Å². The van der Waals surface area contributed by atoms with Crippen LogP contribution in [0.25, 0.3) is 11.3 Å². The molecule has 4 atom stereocenters. The Balaban J connectivity index is 0.00000112. The predicted octanol–water partition coefficient (Wildman–Crippen LogP) is 1.84. The molecule has 4 heterocycles. The Kier molecular flexibility index (Phi) is 6.34. The molecular formula is C19H25Cl2FN4O2. The minimum atomic E-state index is -0.254. The Hall–Kier alpha value is -1.22. The van der Waals surface area contributed by atoms with Gasteiger partial charge in [-0.2, -0.15) is 5.10 Å². The molecule has 6 nitrogen and oxygen atoms in total. The van der Waals surface area contributed by atoms with Gasteiger partial charge in [0, 0.05) is 62.3 Å². The van der Waals surface area contributed by atoms with Crippen LogP contribution < -0.4 is 5.32 Å². The summed E-state index contributed by atoms with van der Waals surface area (Å²) in [5.74, 6) is 0.287. The molecule has 1 spiro atoms. The number of nitrogens with zero attached hydrogens (tertiary/aromatic N) is 2. The average molecular weight is 431 g/mol. The molecule has 1 aromatic carbocycles. The van der Waals surface area contributed by atoms with Gasteiger partial charge in [0.25, 0.3) is 0 Å². The van der Waals surface area contributed by atoms with Crippen molar-refractivity contribution in [3.05, 3.63) is 41.8 Å². The number of nitrogens with one attached hydrogen (secondary N) is 2. The van der Waals surface area contributed by atoms with E-state index in [1.54, 1.807) is 6.07 Å². The Morgan fingerprint density at radius 1 is 1.36 bits per heavy atom. The maximum Gasteiger partial charge on any atom is 0.123 e. The van der Waals surface area contributed by atoms with Gasteiger partial charge in [-0.1, -0.05) is 12.1 Å². The Labute approximate surface area is 175 Å². The molecule has 3 N–H and O–H groups in total. The molecule has 2 bridgehead atoms. The maximum absolute atomic E-state index is 13.6. The first-order valence-corrected chi connectivity index (χ1v) is 9.18. The SMILES string of the molecule is Cl.Cl.OC[C@H]1[C@H]2CN(Cc3cn[nH]c3-c3cccc(F)c3)C[C@]23CNC[C@H]1O3. The van der Waals surface area contributed by atoms with E-state index in [-0.39, 0.29) is 54.9 Å². The number of morpholine rings is 1. The summed E-state index contributed by atoms with van der Waals surface area (Å²) in [7, 11) is 0. The van der Waals surface area contributed by atoms with Crippen LogP contribution in [0, 0.1) is 17.7 Å². The number of aromatic amines is 1. The number of H-pyrrole nitrogens is 1.